The molecule has 1 aromatic carbocycles. The van der Waals surface area contributed by atoms with E-state index >= 15 is 0 Å². The van der Waals surface area contributed by atoms with Crippen LogP contribution in [0.3, 0.4) is 0 Å². The van der Waals surface area contributed by atoms with Crippen LogP contribution in [0.15, 0.2) is 35.3 Å². The van der Waals surface area contributed by atoms with Crippen LogP contribution in [0.5, 0.6) is 0 Å². The van der Waals surface area contributed by atoms with Crippen LogP contribution in [0.2, 0.25) is 0 Å². The van der Waals surface area contributed by atoms with Crippen molar-refractivity contribution in [2.24, 2.45) is 16.6 Å². The Balaban J connectivity index is 1.81. The van der Waals surface area contributed by atoms with Crippen molar-refractivity contribution in [1.82, 2.24) is 15.5 Å². The van der Waals surface area contributed by atoms with Gasteiger partial charge in [-0.15, -0.1) is 0 Å². The number of aliphatic imine (C=N–C) groups is 1. The Bertz CT molecular complexity index is 633. The number of likely N-dealkylation sites (tertiary alicyclic amines) is 1. The first-order valence-corrected chi connectivity index (χ1v) is 9.70. The zero-order valence-electron chi connectivity index (χ0n) is 16.1. The molecule has 1 aliphatic rings. The van der Waals surface area contributed by atoms with Crippen LogP contribution in [0.4, 0.5) is 0 Å². The summed E-state index contributed by atoms with van der Waals surface area (Å²) in [5, 5.41) is 6.21. The van der Waals surface area contributed by atoms with Gasteiger partial charge in [-0.3, -0.25) is 14.6 Å². The quantitative estimate of drug-likeness (QED) is 0.472. The lowest BCUT2D eigenvalue weighted by Crippen LogP contribution is -2.47. The molecule has 1 atom stereocenters. The minimum Gasteiger partial charge on any atom is -0.370 e. The average molecular weight is 374 g/mol. The maximum Gasteiger partial charge on any atom is 0.222 e. The molecule has 0 bridgehead atoms. The fourth-order valence-corrected chi connectivity index (χ4v) is 3.28. The summed E-state index contributed by atoms with van der Waals surface area (Å²) in [7, 11) is 0. The van der Waals surface area contributed by atoms with Gasteiger partial charge in [0.2, 0.25) is 11.8 Å². The zero-order valence-corrected chi connectivity index (χ0v) is 16.1. The van der Waals surface area contributed by atoms with Gasteiger partial charge in [0.25, 0.3) is 0 Å². The van der Waals surface area contributed by atoms with Gasteiger partial charge < -0.3 is 21.3 Å². The third-order valence-electron chi connectivity index (χ3n) is 4.58. The lowest BCUT2D eigenvalue weighted by atomic mass is 9.95. The van der Waals surface area contributed by atoms with Crippen molar-refractivity contribution >= 4 is 17.8 Å². The SMILES string of the molecule is CCNC(=NCCC(=O)NCc1ccccc1)N1CCCC(CC(N)=O)C1. The zero-order chi connectivity index (χ0) is 19.5. The minimum absolute atomic E-state index is 0.0105. The van der Waals surface area contributed by atoms with Crippen LogP contribution in [0, 0.1) is 5.92 Å². The number of nitrogens with two attached hydrogens (primary N) is 1. The molecule has 7 nitrogen and oxygen atoms in total. The number of guanidine groups is 1. The first-order valence-electron chi connectivity index (χ1n) is 9.70. The van der Waals surface area contributed by atoms with E-state index in [1.807, 2.05) is 37.3 Å². The molecule has 27 heavy (non-hydrogen) atoms. The summed E-state index contributed by atoms with van der Waals surface area (Å²) in [6.07, 6.45) is 2.79. The number of carbonyl (C=O) groups excluding carboxylic acids is 2. The third-order valence-corrected chi connectivity index (χ3v) is 4.58. The average Bonchev–Trinajstić information content (AvgIpc) is 2.66. The number of piperidine rings is 1. The number of amides is 2. The number of nitrogens with one attached hydrogen (secondary N) is 2. The Morgan fingerprint density at radius 1 is 1.26 bits per heavy atom. The maximum atomic E-state index is 12.0. The van der Waals surface area contributed by atoms with Gasteiger partial charge in [-0.25, -0.2) is 0 Å². The molecular formula is C20H31N5O2. The van der Waals surface area contributed by atoms with Crippen molar-refractivity contribution in [2.75, 3.05) is 26.2 Å². The van der Waals surface area contributed by atoms with Gasteiger partial charge in [-0.2, -0.15) is 0 Å². The highest BCUT2D eigenvalue weighted by Gasteiger charge is 2.23. The fourth-order valence-electron chi connectivity index (χ4n) is 3.28. The molecule has 2 rings (SSSR count). The number of carbonyl (C=O) groups is 2. The highest BCUT2D eigenvalue weighted by atomic mass is 16.1. The van der Waals surface area contributed by atoms with Gasteiger partial charge >= 0.3 is 0 Å². The van der Waals surface area contributed by atoms with Crippen molar-refractivity contribution in [3.8, 4) is 0 Å². The molecular weight excluding hydrogens is 342 g/mol. The Labute approximate surface area is 161 Å². The predicted molar refractivity (Wildman–Crippen MR) is 107 cm³/mol. The fraction of sp³-hybridized carbons (Fsp3) is 0.550. The second-order valence-corrected chi connectivity index (χ2v) is 6.87. The number of primary amides is 1. The van der Waals surface area contributed by atoms with Crippen LogP contribution >= 0.6 is 0 Å². The Kier molecular flexibility index (Phi) is 8.61. The second kappa shape index (κ2) is 11.2. The van der Waals surface area contributed by atoms with Crippen molar-refractivity contribution in [2.45, 2.75) is 39.2 Å². The molecule has 0 spiro atoms. The van der Waals surface area contributed by atoms with Gasteiger partial charge in [0, 0.05) is 39.0 Å². The lowest BCUT2D eigenvalue weighted by Gasteiger charge is -2.34. The van der Waals surface area contributed by atoms with E-state index in [4.69, 9.17) is 5.73 Å². The number of hydrogen-bond acceptors (Lipinski definition) is 3. The van der Waals surface area contributed by atoms with Crippen LogP contribution in [-0.4, -0.2) is 48.9 Å². The van der Waals surface area contributed by atoms with E-state index in [-0.39, 0.29) is 17.7 Å². The van der Waals surface area contributed by atoms with E-state index in [0.717, 1.165) is 44.0 Å². The Morgan fingerprint density at radius 2 is 2.04 bits per heavy atom. The molecule has 7 heteroatoms. The largest absolute Gasteiger partial charge is 0.370 e. The number of nitrogens with zero attached hydrogens (tertiary/aromatic N) is 2. The number of benzene rings is 1. The van der Waals surface area contributed by atoms with Gasteiger partial charge in [-0.05, 0) is 31.2 Å². The van der Waals surface area contributed by atoms with E-state index in [0.29, 0.717) is 25.9 Å². The minimum atomic E-state index is -0.251. The van der Waals surface area contributed by atoms with Gasteiger partial charge in [0.15, 0.2) is 5.96 Å². The first kappa shape index (κ1) is 20.7. The highest BCUT2D eigenvalue weighted by molar-refractivity contribution is 5.81. The van der Waals surface area contributed by atoms with Crippen LogP contribution in [-0.2, 0) is 16.1 Å². The molecule has 1 aliphatic heterocycles. The molecule has 0 saturated carbocycles. The van der Waals surface area contributed by atoms with Gasteiger partial charge in [0.05, 0.1) is 6.54 Å². The summed E-state index contributed by atoms with van der Waals surface area (Å²) in [4.78, 5) is 30.0. The molecule has 2 amide bonds. The third kappa shape index (κ3) is 7.68. The van der Waals surface area contributed by atoms with Gasteiger partial charge in [0.1, 0.15) is 0 Å². The van der Waals surface area contributed by atoms with E-state index in [1.54, 1.807) is 0 Å². The molecule has 1 fully saturated rings. The molecule has 0 radical (unpaired) electrons. The monoisotopic (exact) mass is 373 g/mol. The number of rotatable bonds is 8. The van der Waals surface area contributed by atoms with Crippen molar-refractivity contribution in [3.63, 3.8) is 0 Å². The van der Waals surface area contributed by atoms with Crippen LogP contribution < -0.4 is 16.4 Å². The topological polar surface area (TPSA) is 99.8 Å². The molecule has 0 aromatic heterocycles. The first-order chi connectivity index (χ1) is 13.1. The summed E-state index contributed by atoms with van der Waals surface area (Å²) in [6, 6.07) is 9.84. The Hall–Kier alpha value is -2.57. The molecule has 1 heterocycles. The van der Waals surface area contributed by atoms with E-state index in [9.17, 15) is 9.59 Å². The molecule has 4 N–H and O–H groups in total. The molecule has 0 aliphatic carbocycles. The normalized spacial score (nSPS) is 17.4. The summed E-state index contributed by atoms with van der Waals surface area (Å²) >= 11 is 0. The predicted octanol–water partition coefficient (Wildman–Crippen LogP) is 1.25. The Morgan fingerprint density at radius 3 is 2.74 bits per heavy atom. The summed E-state index contributed by atoms with van der Waals surface area (Å²) in [6.45, 7) is 5.42. The van der Waals surface area contributed by atoms with Crippen LogP contribution in [0.25, 0.3) is 0 Å². The smallest absolute Gasteiger partial charge is 0.222 e. The van der Waals surface area contributed by atoms with Crippen molar-refractivity contribution in [3.05, 3.63) is 35.9 Å². The molecule has 1 aromatic rings. The van der Waals surface area contributed by atoms with E-state index in [2.05, 4.69) is 20.5 Å². The highest BCUT2D eigenvalue weighted by Crippen LogP contribution is 2.19. The van der Waals surface area contributed by atoms with E-state index in [1.165, 1.54) is 0 Å². The van der Waals surface area contributed by atoms with Gasteiger partial charge in [-0.1, -0.05) is 30.3 Å². The molecule has 148 valence electrons. The van der Waals surface area contributed by atoms with E-state index < -0.39 is 0 Å². The number of hydrogen-bond donors (Lipinski definition) is 3. The van der Waals surface area contributed by atoms with Crippen molar-refractivity contribution in [1.29, 1.82) is 0 Å². The maximum absolute atomic E-state index is 12.0. The molecule has 1 saturated heterocycles. The second-order valence-electron chi connectivity index (χ2n) is 6.87. The van der Waals surface area contributed by atoms with Crippen molar-refractivity contribution < 1.29 is 9.59 Å². The lowest BCUT2D eigenvalue weighted by molar-refractivity contribution is -0.121. The summed E-state index contributed by atoms with van der Waals surface area (Å²) < 4.78 is 0. The summed E-state index contributed by atoms with van der Waals surface area (Å²) in [5.74, 6) is 0.819. The molecule has 1 unspecified atom stereocenters. The van der Waals surface area contributed by atoms with Crippen LogP contribution in [0.1, 0.15) is 38.2 Å². The standard InChI is InChI=1S/C20H31N5O2/c1-2-22-20(25-12-6-9-17(15-25)13-18(21)26)23-11-10-19(27)24-14-16-7-4-3-5-8-16/h3-5,7-8,17H,2,6,9-15H2,1H3,(H2,21,26)(H,22,23)(H,24,27). The summed E-state index contributed by atoms with van der Waals surface area (Å²) in [5.41, 5.74) is 6.42.